The van der Waals surface area contributed by atoms with Crippen LogP contribution in [0.3, 0.4) is 0 Å². The number of carbonyl (C=O) groups is 2. The molecule has 0 aliphatic carbocycles. The average Bonchev–Trinajstić information content (AvgIpc) is 2.48. The fraction of sp³-hybridized carbons (Fsp3) is 0.867. The third-order valence-corrected chi connectivity index (χ3v) is 4.27. The van der Waals surface area contributed by atoms with Crippen LogP contribution in [0, 0.1) is 5.41 Å². The summed E-state index contributed by atoms with van der Waals surface area (Å²) in [5.41, 5.74) is -0.793. The fourth-order valence-corrected chi connectivity index (χ4v) is 3.11. The van der Waals surface area contributed by atoms with E-state index >= 15 is 0 Å². The van der Waals surface area contributed by atoms with Crippen LogP contribution in [0.2, 0.25) is 0 Å². The van der Waals surface area contributed by atoms with Crippen molar-refractivity contribution in [2.45, 2.75) is 46.0 Å². The van der Waals surface area contributed by atoms with Gasteiger partial charge in [0.25, 0.3) is 0 Å². The van der Waals surface area contributed by atoms with Gasteiger partial charge >= 0.3 is 12.0 Å². The average molecular weight is 300 g/mol. The maximum absolute atomic E-state index is 12.5. The molecule has 122 valence electrons. The molecule has 21 heavy (non-hydrogen) atoms. The molecule has 1 rings (SSSR count). The van der Waals surface area contributed by atoms with E-state index in [1.807, 2.05) is 13.8 Å². The number of rotatable bonds is 7. The zero-order valence-electron chi connectivity index (χ0n) is 13.2. The van der Waals surface area contributed by atoms with Crippen molar-refractivity contribution < 1.29 is 19.8 Å². The van der Waals surface area contributed by atoms with E-state index in [1.165, 1.54) is 0 Å². The minimum atomic E-state index is -0.793. The molecule has 2 amide bonds. The van der Waals surface area contributed by atoms with Crippen molar-refractivity contribution in [1.29, 1.82) is 0 Å². The van der Waals surface area contributed by atoms with E-state index in [9.17, 15) is 14.7 Å². The second-order valence-electron chi connectivity index (χ2n) is 5.80. The number of carboxylic acid groups (broad SMARTS) is 1. The number of carboxylic acids is 1. The second-order valence-corrected chi connectivity index (χ2v) is 5.80. The molecule has 0 spiro atoms. The highest BCUT2D eigenvalue weighted by atomic mass is 16.4. The molecule has 1 aliphatic rings. The summed E-state index contributed by atoms with van der Waals surface area (Å²) >= 11 is 0. The number of hydrogen-bond acceptors (Lipinski definition) is 3. The van der Waals surface area contributed by atoms with Crippen LogP contribution in [-0.4, -0.2) is 64.8 Å². The Morgan fingerprint density at radius 1 is 1.33 bits per heavy atom. The van der Waals surface area contributed by atoms with Gasteiger partial charge in [-0.2, -0.15) is 0 Å². The number of aliphatic hydroxyl groups excluding tert-OH is 1. The molecule has 6 heteroatoms. The molecular formula is C15H28N2O4. The van der Waals surface area contributed by atoms with Crippen LogP contribution < -0.4 is 0 Å². The first kappa shape index (κ1) is 17.8. The number of nitrogens with zero attached hydrogens (tertiary/aromatic N) is 2. The molecule has 2 N–H and O–H groups in total. The van der Waals surface area contributed by atoms with E-state index in [2.05, 4.69) is 0 Å². The number of aliphatic carboxylic acids is 1. The normalized spacial score (nSPS) is 22.1. The highest BCUT2D eigenvalue weighted by Crippen LogP contribution is 2.35. The van der Waals surface area contributed by atoms with Gasteiger partial charge in [-0.25, -0.2) is 4.79 Å². The lowest BCUT2D eigenvalue weighted by Crippen LogP contribution is -2.53. The smallest absolute Gasteiger partial charge is 0.320 e. The second kappa shape index (κ2) is 8.22. The standard InChI is InChI=1S/C15H28N2O4/c1-3-7-15(13(19)20)8-5-9-17(12-15)14(21)16(4-2)10-6-11-18/h18H,3-12H2,1-2H3,(H,19,20). The highest BCUT2D eigenvalue weighted by molar-refractivity contribution is 5.79. The number of carbonyl (C=O) groups excluding carboxylic acids is 1. The first-order valence-corrected chi connectivity index (χ1v) is 7.89. The molecule has 0 aromatic carbocycles. The first-order chi connectivity index (χ1) is 10.0. The van der Waals surface area contributed by atoms with Crippen LogP contribution in [0.5, 0.6) is 0 Å². The van der Waals surface area contributed by atoms with Gasteiger partial charge in [0, 0.05) is 32.8 Å². The van der Waals surface area contributed by atoms with Crippen molar-refractivity contribution in [2.75, 3.05) is 32.8 Å². The number of likely N-dealkylation sites (tertiary alicyclic amines) is 1. The molecule has 1 aliphatic heterocycles. The van der Waals surface area contributed by atoms with Crippen LogP contribution in [0.1, 0.15) is 46.0 Å². The molecule has 1 saturated heterocycles. The first-order valence-electron chi connectivity index (χ1n) is 7.89. The van der Waals surface area contributed by atoms with Crippen molar-refractivity contribution >= 4 is 12.0 Å². The summed E-state index contributed by atoms with van der Waals surface area (Å²) in [6, 6.07) is -0.104. The van der Waals surface area contributed by atoms with Crippen molar-refractivity contribution in [2.24, 2.45) is 5.41 Å². The quantitative estimate of drug-likeness (QED) is 0.751. The van der Waals surface area contributed by atoms with Gasteiger partial charge in [-0.3, -0.25) is 4.79 Å². The fourth-order valence-electron chi connectivity index (χ4n) is 3.11. The number of aliphatic hydroxyl groups is 1. The largest absolute Gasteiger partial charge is 0.481 e. The van der Waals surface area contributed by atoms with E-state index in [4.69, 9.17) is 5.11 Å². The SMILES string of the molecule is CCCC1(C(=O)O)CCCN(C(=O)N(CC)CCCO)C1. The minimum absolute atomic E-state index is 0.0542. The molecule has 6 nitrogen and oxygen atoms in total. The van der Waals surface area contributed by atoms with E-state index in [1.54, 1.807) is 9.80 Å². The molecule has 0 aromatic rings. The van der Waals surface area contributed by atoms with Gasteiger partial charge in [-0.15, -0.1) is 0 Å². The van der Waals surface area contributed by atoms with Gasteiger partial charge in [0.2, 0.25) is 0 Å². The molecule has 0 aromatic heterocycles. The lowest BCUT2D eigenvalue weighted by atomic mass is 9.76. The summed E-state index contributed by atoms with van der Waals surface area (Å²) in [7, 11) is 0. The molecule has 0 bridgehead atoms. The van der Waals surface area contributed by atoms with Crippen molar-refractivity contribution in [3.05, 3.63) is 0 Å². The van der Waals surface area contributed by atoms with Crippen LogP contribution >= 0.6 is 0 Å². The van der Waals surface area contributed by atoms with E-state index in [0.717, 1.165) is 12.8 Å². The third-order valence-electron chi connectivity index (χ3n) is 4.27. The summed E-state index contributed by atoms with van der Waals surface area (Å²) in [5.74, 6) is -0.791. The Morgan fingerprint density at radius 2 is 2.05 bits per heavy atom. The van der Waals surface area contributed by atoms with E-state index in [-0.39, 0.29) is 12.6 Å². The molecule has 1 heterocycles. The topological polar surface area (TPSA) is 81.1 Å². The van der Waals surface area contributed by atoms with Crippen LogP contribution in [-0.2, 0) is 4.79 Å². The van der Waals surface area contributed by atoms with Crippen LogP contribution in [0.25, 0.3) is 0 Å². The minimum Gasteiger partial charge on any atom is -0.481 e. The van der Waals surface area contributed by atoms with Gasteiger partial charge in [-0.05, 0) is 32.6 Å². The Kier molecular flexibility index (Phi) is 6.95. The maximum Gasteiger partial charge on any atom is 0.320 e. The Bertz CT molecular complexity index is 358. The third kappa shape index (κ3) is 4.33. The molecule has 0 saturated carbocycles. The van der Waals surface area contributed by atoms with E-state index in [0.29, 0.717) is 45.4 Å². The number of piperidine rings is 1. The Labute approximate surface area is 126 Å². The monoisotopic (exact) mass is 300 g/mol. The predicted octanol–water partition coefficient (Wildman–Crippen LogP) is 1.78. The molecule has 1 fully saturated rings. The van der Waals surface area contributed by atoms with Crippen molar-refractivity contribution in [1.82, 2.24) is 9.80 Å². The zero-order valence-corrected chi connectivity index (χ0v) is 13.2. The van der Waals surface area contributed by atoms with Crippen LogP contribution in [0.15, 0.2) is 0 Å². The van der Waals surface area contributed by atoms with Crippen molar-refractivity contribution in [3.8, 4) is 0 Å². The Morgan fingerprint density at radius 3 is 2.57 bits per heavy atom. The summed E-state index contributed by atoms with van der Waals surface area (Å²) in [6.07, 6.45) is 3.33. The lowest BCUT2D eigenvalue weighted by Gasteiger charge is -2.41. The molecular weight excluding hydrogens is 272 g/mol. The Balaban J connectivity index is 2.77. The van der Waals surface area contributed by atoms with Gasteiger partial charge < -0.3 is 20.0 Å². The summed E-state index contributed by atoms with van der Waals surface area (Å²) in [4.78, 5) is 27.5. The van der Waals surface area contributed by atoms with Gasteiger partial charge in [0.05, 0.1) is 5.41 Å². The van der Waals surface area contributed by atoms with Crippen LogP contribution in [0.4, 0.5) is 4.79 Å². The predicted molar refractivity (Wildman–Crippen MR) is 80.1 cm³/mol. The summed E-state index contributed by atoms with van der Waals surface area (Å²) in [5, 5.41) is 18.5. The van der Waals surface area contributed by atoms with E-state index < -0.39 is 11.4 Å². The number of amides is 2. The maximum atomic E-state index is 12.5. The zero-order chi connectivity index (χ0) is 15.9. The summed E-state index contributed by atoms with van der Waals surface area (Å²) in [6.45, 7) is 5.93. The Hall–Kier alpha value is -1.30. The van der Waals surface area contributed by atoms with Gasteiger partial charge in [0.15, 0.2) is 0 Å². The summed E-state index contributed by atoms with van der Waals surface area (Å²) < 4.78 is 0. The number of urea groups is 1. The van der Waals surface area contributed by atoms with Gasteiger partial charge in [-0.1, -0.05) is 13.3 Å². The lowest BCUT2D eigenvalue weighted by molar-refractivity contribution is -0.152. The highest BCUT2D eigenvalue weighted by Gasteiger charge is 2.43. The molecule has 0 radical (unpaired) electrons. The molecule has 1 atom stereocenters. The van der Waals surface area contributed by atoms with Crippen molar-refractivity contribution in [3.63, 3.8) is 0 Å². The molecule has 1 unspecified atom stereocenters. The number of hydrogen-bond donors (Lipinski definition) is 2. The van der Waals surface area contributed by atoms with Gasteiger partial charge in [0.1, 0.15) is 0 Å².